The van der Waals surface area contributed by atoms with Crippen LogP contribution in [0.2, 0.25) is 0 Å². The van der Waals surface area contributed by atoms with E-state index in [0.717, 1.165) is 32.1 Å². The van der Waals surface area contributed by atoms with Gasteiger partial charge in [-0.15, -0.1) is 0 Å². The Bertz CT molecular complexity index is 344. The number of aliphatic hydroxyl groups is 1. The number of nitrogens with zero attached hydrogens (tertiary/aromatic N) is 1. The SMILES string of the molecule is O=C(O)C1CCCCC1NC(=O)N(CCO)C1CC1. The Morgan fingerprint density at radius 1 is 1.16 bits per heavy atom. The lowest BCUT2D eigenvalue weighted by Gasteiger charge is -2.32. The molecule has 2 aliphatic carbocycles. The molecule has 6 heteroatoms. The molecule has 2 atom stereocenters. The van der Waals surface area contributed by atoms with Crippen molar-refractivity contribution in [2.75, 3.05) is 13.2 Å². The predicted molar refractivity (Wildman–Crippen MR) is 68.7 cm³/mol. The van der Waals surface area contributed by atoms with Crippen molar-refractivity contribution in [2.45, 2.75) is 50.6 Å². The highest BCUT2D eigenvalue weighted by atomic mass is 16.4. The molecule has 0 heterocycles. The van der Waals surface area contributed by atoms with Crippen molar-refractivity contribution in [1.82, 2.24) is 10.2 Å². The second-order valence-electron chi connectivity index (χ2n) is 5.43. The Hall–Kier alpha value is -1.30. The van der Waals surface area contributed by atoms with E-state index < -0.39 is 11.9 Å². The molecule has 2 unspecified atom stereocenters. The van der Waals surface area contributed by atoms with E-state index in [1.165, 1.54) is 0 Å². The second kappa shape index (κ2) is 6.23. The second-order valence-corrected chi connectivity index (χ2v) is 5.43. The van der Waals surface area contributed by atoms with Crippen LogP contribution in [0.25, 0.3) is 0 Å². The van der Waals surface area contributed by atoms with E-state index in [2.05, 4.69) is 5.32 Å². The number of urea groups is 1. The zero-order valence-electron chi connectivity index (χ0n) is 11.0. The summed E-state index contributed by atoms with van der Waals surface area (Å²) in [5, 5.41) is 21.0. The highest BCUT2D eigenvalue weighted by molar-refractivity contribution is 5.77. The third-order valence-electron chi connectivity index (χ3n) is 3.98. The Labute approximate surface area is 112 Å². The minimum atomic E-state index is -0.829. The maximum absolute atomic E-state index is 12.2. The molecular weight excluding hydrogens is 248 g/mol. The molecule has 0 bridgehead atoms. The van der Waals surface area contributed by atoms with Crippen molar-refractivity contribution >= 4 is 12.0 Å². The quantitative estimate of drug-likeness (QED) is 0.689. The molecule has 0 aromatic rings. The summed E-state index contributed by atoms with van der Waals surface area (Å²) >= 11 is 0. The largest absolute Gasteiger partial charge is 0.481 e. The van der Waals surface area contributed by atoms with E-state index in [4.69, 9.17) is 5.11 Å². The first-order chi connectivity index (χ1) is 9.13. The number of carboxylic acid groups (broad SMARTS) is 1. The lowest BCUT2D eigenvalue weighted by Crippen LogP contribution is -2.51. The molecule has 0 aromatic heterocycles. The van der Waals surface area contributed by atoms with Crippen molar-refractivity contribution in [3.05, 3.63) is 0 Å². The van der Waals surface area contributed by atoms with Gasteiger partial charge in [0, 0.05) is 18.6 Å². The summed E-state index contributed by atoms with van der Waals surface area (Å²) < 4.78 is 0. The Morgan fingerprint density at radius 3 is 2.42 bits per heavy atom. The average molecular weight is 270 g/mol. The van der Waals surface area contributed by atoms with Crippen LogP contribution in [-0.2, 0) is 4.79 Å². The van der Waals surface area contributed by atoms with Gasteiger partial charge in [0.25, 0.3) is 0 Å². The van der Waals surface area contributed by atoms with Crippen molar-refractivity contribution in [2.24, 2.45) is 5.92 Å². The highest BCUT2D eigenvalue weighted by Crippen LogP contribution is 2.28. The Morgan fingerprint density at radius 2 is 1.84 bits per heavy atom. The molecule has 0 saturated heterocycles. The predicted octanol–water partition coefficient (Wildman–Crippen LogP) is 0.796. The molecule has 2 fully saturated rings. The monoisotopic (exact) mass is 270 g/mol. The van der Waals surface area contributed by atoms with E-state index in [1.54, 1.807) is 4.90 Å². The van der Waals surface area contributed by atoms with E-state index in [0.29, 0.717) is 13.0 Å². The fraction of sp³-hybridized carbons (Fsp3) is 0.846. The van der Waals surface area contributed by atoms with Gasteiger partial charge >= 0.3 is 12.0 Å². The summed E-state index contributed by atoms with van der Waals surface area (Å²) in [4.78, 5) is 25.0. The first-order valence-electron chi connectivity index (χ1n) is 7.04. The molecule has 6 nitrogen and oxygen atoms in total. The third kappa shape index (κ3) is 3.59. The lowest BCUT2D eigenvalue weighted by atomic mass is 9.84. The van der Waals surface area contributed by atoms with E-state index in [-0.39, 0.29) is 24.7 Å². The topological polar surface area (TPSA) is 89.9 Å². The minimum Gasteiger partial charge on any atom is -0.481 e. The summed E-state index contributed by atoms with van der Waals surface area (Å²) in [7, 11) is 0. The van der Waals surface area contributed by atoms with Gasteiger partial charge in [0.1, 0.15) is 0 Å². The van der Waals surface area contributed by atoms with Crippen LogP contribution in [0.4, 0.5) is 4.79 Å². The third-order valence-corrected chi connectivity index (χ3v) is 3.98. The molecule has 0 aliphatic heterocycles. The number of hydrogen-bond donors (Lipinski definition) is 3. The summed E-state index contributed by atoms with van der Waals surface area (Å²) in [6.07, 6.45) is 5.16. The van der Waals surface area contributed by atoms with Gasteiger partial charge in [0.05, 0.1) is 12.5 Å². The maximum Gasteiger partial charge on any atom is 0.317 e. The van der Waals surface area contributed by atoms with Gasteiger partial charge in [0.15, 0.2) is 0 Å². The van der Waals surface area contributed by atoms with Crippen molar-refractivity contribution in [1.29, 1.82) is 0 Å². The molecule has 0 spiro atoms. The van der Waals surface area contributed by atoms with Gasteiger partial charge < -0.3 is 20.4 Å². The highest BCUT2D eigenvalue weighted by Gasteiger charge is 2.36. The minimum absolute atomic E-state index is 0.0586. The molecule has 2 amide bonds. The number of aliphatic carboxylic acids is 1. The smallest absolute Gasteiger partial charge is 0.317 e. The number of carboxylic acids is 1. The number of nitrogens with one attached hydrogen (secondary N) is 1. The lowest BCUT2D eigenvalue weighted by molar-refractivity contribution is -0.143. The van der Waals surface area contributed by atoms with Gasteiger partial charge in [-0.25, -0.2) is 4.79 Å². The number of aliphatic hydroxyl groups excluding tert-OH is 1. The molecule has 0 aromatic carbocycles. The number of rotatable bonds is 5. The fourth-order valence-electron chi connectivity index (χ4n) is 2.78. The average Bonchev–Trinajstić information content (AvgIpc) is 3.20. The summed E-state index contributed by atoms with van der Waals surface area (Å²) in [6, 6.07) is -0.285. The number of hydrogen-bond acceptors (Lipinski definition) is 3. The Kier molecular flexibility index (Phi) is 4.63. The van der Waals surface area contributed by atoms with Gasteiger partial charge in [-0.05, 0) is 25.7 Å². The van der Waals surface area contributed by atoms with E-state index >= 15 is 0 Å². The normalized spacial score (nSPS) is 26.8. The molecule has 2 aliphatic rings. The van der Waals surface area contributed by atoms with Gasteiger partial charge in [-0.2, -0.15) is 0 Å². The summed E-state index contributed by atoms with van der Waals surface area (Å²) in [5.41, 5.74) is 0. The Balaban J connectivity index is 1.93. The molecule has 0 radical (unpaired) electrons. The molecular formula is C13H22N2O4. The van der Waals surface area contributed by atoms with Crippen LogP contribution in [0, 0.1) is 5.92 Å². The molecule has 2 saturated carbocycles. The summed E-state index contributed by atoms with van der Waals surface area (Å²) in [6.45, 7) is 0.262. The first-order valence-corrected chi connectivity index (χ1v) is 7.04. The van der Waals surface area contributed by atoms with Crippen LogP contribution < -0.4 is 5.32 Å². The van der Waals surface area contributed by atoms with Crippen LogP contribution in [-0.4, -0.2) is 52.3 Å². The molecule has 2 rings (SSSR count). The van der Waals surface area contributed by atoms with Gasteiger partial charge in [-0.3, -0.25) is 4.79 Å². The van der Waals surface area contributed by atoms with Crippen molar-refractivity contribution in [3.8, 4) is 0 Å². The standard InChI is InChI=1S/C13H22N2O4/c16-8-7-15(9-5-6-9)13(19)14-11-4-2-1-3-10(11)12(17)18/h9-11,16H,1-8H2,(H,14,19)(H,17,18). The number of carbonyl (C=O) groups excluding carboxylic acids is 1. The summed E-state index contributed by atoms with van der Waals surface area (Å²) in [5.74, 6) is -1.31. The van der Waals surface area contributed by atoms with Crippen LogP contribution in [0.3, 0.4) is 0 Å². The molecule has 108 valence electrons. The molecule has 19 heavy (non-hydrogen) atoms. The van der Waals surface area contributed by atoms with Crippen LogP contribution in [0.1, 0.15) is 38.5 Å². The number of amides is 2. The molecule has 3 N–H and O–H groups in total. The van der Waals surface area contributed by atoms with Crippen molar-refractivity contribution < 1.29 is 19.8 Å². The number of carbonyl (C=O) groups is 2. The first kappa shape index (κ1) is 14.1. The van der Waals surface area contributed by atoms with Crippen LogP contribution in [0.15, 0.2) is 0 Å². The van der Waals surface area contributed by atoms with Crippen LogP contribution in [0.5, 0.6) is 0 Å². The van der Waals surface area contributed by atoms with Crippen LogP contribution >= 0.6 is 0 Å². The zero-order valence-corrected chi connectivity index (χ0v) is 11.0. The van der Waals surface area contributed by atoms with Crippen molar-refractivity contribution in [3.63, 3.8) is 0 Å². The maximum atomic E-state index is 12.2. The van der Waals surface area contributed by atoms with Gasteiger partial charge in [0.2, 0.25) is 0 Å². The fourth-order valence-corrected chi connectivity index (χ4v) is 2.78. The van der Waals surface area contributed by atoms with E-state index in [1.807, 2.05) is 0 Å². The zero-order chi connectivity index (χ0) is 13.8. The van der Waals surface area contributed by atoms with Gasteiger partial charge in [-0.1, -0.05) is 12.8 Å². The van der Waals surface area contributed by atoms with E-state index in [9.17, 15) is 14.7 Å².